The van der Waals surface area contributed by atoms with Crippen molar-refractivity contribution in [3.05, 3.63) is 45.9 Å². The van der Waals surface area contributed by atoms with Gasteiger partial charge in [0.05, 0.1) is 15.9 Å². The van der Waals surface area contributed by atoms with Crippen LogP contribution >= 0.6 is 15.9 Å². The Labute approximate surface area is 114 Å². The SMILES string of the molecule is CCn1nc(C)cc1COc1cc(F)ccc1Br. The van der Waals surface area contributed by atoms with Gasteiger partial charge in [0.2, 0.25) is 0 Å². The fourth-order valence-corrected chi connectivity index (χ4v) is 2.09. The van der Waals surface area contributed by atoms with Crippen LogP contribution in [0.3, 0.4) is 0 Å². The Kier molecular flexibility index (Phi) is 4.01. The van der Waals surface area contributed by atoms with Gasteiger partial charge in [-0.05, 0) is 48.0 Å². The zero-order valence-electron chi connectivity index (χ0n) is 10.3. The van der Waals surface area contributed by atoms with Crippen molar-refractivity contribution in [2.45, 2.75) is 27.0 Å². The number of hydrogen-bond donors (Lipinski definition) is 0. The lowest BCUT2D eigenvalue weighted by Crippen LogP contribution is -2.06. The number of aryl methyl sites for hydroxylation is 2. The molecule has 0 saturated heterocycles. The lowest BCUT2D eigenvalue weighted by Gasteiger charge is -2.09. The third-order valence-electron chi connectivity index (χ3n) is 2.55. The number of halogens is 2. The molecule has 2 rings (SSSR count). The molecule has 96 valence electrons. The number of aromatic nitrogens is 2. The summed E-state index contributed by atoms with van der Waals surface area (Å²) in [6.07, 6.45) is 0. The molecule has 1 aromatic carbocycles. The van der Waals surface area contributed by atoms with E-state index in [0.29, 0.717) is 12.4 Å². The van der Waals surface area contributed by atoms with Crippen LogP contribution in [0.4, 0.5) is 4.39 Å². The van der Waals surface area contributed by atoms with Crippen LogP contribution in [0.25, 0.3) is 0 Å². The highest BCUT2D eigenvalue weighted by Crippen LogP contribution is 2.26. The molecule has 0 atom stereocenters. The first-order valence-electron chi connectivity index (χ1n) is 5.71. The summed E-state index contributed by atoms with van der Waals surface area (Å²) in [5, 5.41) is 4.33. The minimum atomic E-state index is -0.312. The maximum Gasteiger partial charge on any atom is 0.136 e. The standard InChI is InChI=1S/C13H14BrFN2O/c1-3-17-11(6-9(2)16-17)8-18-13-7-10(15)4-5-12(13)14/h4-7H,3,8H2,1-2H3. The Balaban J connectivity index is 2.13. The molecule has 3 nitrogen and oxygen atoms in total. The highest BCUT2D eigenvalue weighted by molar-refractivity contribution is 9.10. The van der Waals surface area contributed by atoms with Crippen molar-refractivity contribution in [1.29, 1.82) is 0 Å². The number of nitrogens with zero attached hydrogens (tertiary/aromatic N) is 2. The summed E-state index contributed by atoms with van der Waals surface area (Å²) in [6, 6.07) is 6.35. The van der Waals surface area contributed by atoms with Crippen LogP contribution in [-0.2, 0) is 13.2 Å². The predicted molar refractivity (Wildman–Crippen MR) is 71.1 cm³/mol. The molecule has 0 aliphatic carbocycles. The van der Waals surface area contributed by atoms with Crippen LogP contribution in [0.5, 0.6) is 5.75 Å². The van der Waals surface area contributed by atoms with Gasteiger partial charge in [-0.3, -0.25) is 4.68 Å². The van der Waals surface area contributed by atoms with E-state index in [1.54, 1.807) is 6.07 Å². The summed E-state index contributed by atoms with van der Waals surface area (Å²) in [5.74, 6) is 0.185. The van der Waals surface area contributed by atoms with Gasteiger partial charge in [0, 0.05) is 12.6 Å². The minimum absolute atomic E-state index is 0.312. The average molecular weight is 313 g/mol. The fraction of sp³-hybridized carbons (Fsp3) is 0.308. The largest absolute Gasteiger partial charge is 0.486 e. The van der Waals surface area contributed by atoms with Crippen molar-refractivity contribution < 1.29 is 9.13 Å². The molecule has 5 heteroatoms. The van der Waals surface area contributed by atoms with E-state index in [1.807, 2.05) is 24.6 Å². The Morgan fingerprint density at radius 1 is 1.39 bits per heavy atom. The molecule has 1 aromatic heterocycles. The van der Waals surface area contributed by atoms with Crippen LogP contribution in [0.2, 0.25) is 0 Å². The molecule has 0 bridgehead atoms. The molecule has 1 heterocycles. The smallest absolute Gasteiger partial charge is 0.136 e. The average Bonchev–Trinajstić information content (AvgIpc) is 2.71. The summed E-state index contributed by atoms with van der Waals surface area (Å²) >= 11 is 3.33. The molecule has 0 radical (unpaired) electrons. The van der Waals surface area contributed by atoms with Crippen LogP contribution in [0.15, 0.2) is 28.7 Å². The van der Waals surface area contributed by atoms with E-state index in [4.69, 9.17) is 4.74 Å². The third-order valence-corrected chi connectivity index (χ3v) is 3.21. The van der Waals surface area contributed by atoms with E-state index in [0.717, 1.165) is 22.4 Å². The Bertz CT molecular complexity index is 554. The molecule has 0 aliphatic heterocycles. The zero-order valence-corrected chi connectivity index (χ0v) is 11.9. The first-order chi connectivity index (χ1) is 8.60. The quantitative estimate of drug-likeness (QED) is 0.861. The van der Waals surface area contributed by atoms with Crippen LogP contribution in [0, 0.1) is 12.7 Å². The second kappa shape index (κ2) is 5.52. The predicted octanol–water partition coefficient (Wildman–Crippen LogP) is 3.69. The summed E-state index contributed by atoms with van der Waals surface area (Å²) < 4.78 is 21.3. The monoisotopic (exact) mass is 312 g/mol. The van der Waals surface area contributed by atoms with Crippen molar-refractivity contribution in [1.82, 2.24) is 9.78 Å². The van der Waals surface area contributed by atoms with Crippen LogP contribution < -0.4 is 4.74 Å². The van der Waals surface area contributed by atoms with Gasteiger partial charge in [0.25, 0.3) is 0 Å². The van der Waals surface area contributed by atoms with E-state index in [2.05, 4.69) is 21.0 Å². The van der Waals surface area contributed by atoms with Crippen LogP contribution in [-0.4, -0.2) is 9.78 Å². The van der Waals surface area contributed by atoms with Gasteiger partial charge < -0.3 is 4.74 Å². The molecule has 0 aliphatic rings. The second-order valence-electron chi connectivity index (χ2n) is 3.96. The van der Waals surface area contributed by atoms with Gasteiger partial charge in [-0.2, -0.15) is 5.10 Å². The summed E-state index contributed by atoms with van der Waals surface area (Å²) in [7, 11) is 0. The molecule has 0 N–H and O–H groups in total. The Hall–Kier alpha value is -1.36. The van der Waals surface area contributed by atoms with Crippen molar-refractivity contribution in [2.75, 3.05) is 0 Å². The molecule has 0 saturated carbocycles. The van der Waals surface area contributed by atoms with Gasteiger partial charge in [0.15, 0.2) is 0 Å². The van der Waals surface area contributed by atoms with E-state index < -0.39 is 0 Å². The number of ether oxygens (including phenoxy) is 1. The number of benzene rings is 1. The topological polar surface area (TPSA) is 27.1 Å². The second-order valence-corrected chi connectivity index (χ2v) is 4.81. The normalized spacial score (nSPS) is 10.7. The number of rotatable bonds is 4. The zero-order chi connectivity index (χ0) is 13.1. The highest BCUT2D eigenvalue weighted by atomic mass is 79.9. The van der Waals surface area contributed by atoms with Gasteiger partial charge in [-0.1, -0.05) is 0 Å². The summed E-state index contributed by atoms with van der Waals surface area (Å²) in [5.41, 5.74) is 1.93. The third kappa shape index (κ3) is 2.90. The van der Waals surface area contributed by atoms with Crippen molar-refractivity contribution in [3.63, 3.8) is 0 Å². The maximum absolute atomic E-state index is 13.1. The summed E-state index contributed by atoms with van der Waals surface area (Å²) in [6.45, 7) is 5.12. The highest BCUT2D eigenvalue weighted by Gasteiger charge is 2.07. The van der Waals surface area contributed by atoms with Crippen molar-refractivity contribution >= 4 is 15.9 Å². The van der Waals surface area contributed by atoms with Gasteiger partial charge in [0.1, 0.15) is 18.2 Å². The molecule has 0 amide bonds. The minimum Gasteiger partial charge on any atom is -0.486 e. The maximum atomic E-state index is 13.1. The van der Waals surface area contributed by atoms with E-state index in [1.165, 1.54) is 12.1 Å². The fourth-order valence-electron chi connectivity index (χ4n) is 1.73. The van der Waals surface area contributed by atoms with Gasteiger partial charge in [-0.25, -0.2) is 4.39 Å². The lowest BCUT2D eigenvalue weighted by molar-refractivity contribution is 0.289. The molecular weight excluding hydrogens is 299 g/mol. The van der Waals surface area contributed by atoms with E-state index in [-0.39, 0.29) is 5.82 Å². The molecule has 0 fully saturated rings. The number of hydrogen-bond acceptors (Lipinski definition) is 2. The van der Waals surface area contributed by atoms with Crippen molar-refractivity contribution in [2.24, 2.45) is 0 Å². The Morgan fingerprint density at radius 2 is 2.17 bits per heavy atom. The van der Waals surface area contributed by atoms with Crippen molar-refractivity contribution in [3.8, 4) is 5.75 Å². The van der Waals surface area contributed by atoms with E-state index in [9.17, 15) is 4.39 Å². The van der Waals surface area contributed by atoms with Gasteiger partial charge in [-0.15, -0.1) is 0 Å². The van der Waals surface area contributed by atoms with E-state index >= 15 is 0 Å². The molecule has 18 heavy (non-hydrogen) atoms. The van der Waals surface area contributed by atoms with Gasteiger partial charge >= 0.3 is 0 Å². The lowest BCUT2D eigenvalue weighted by atomic mass is 10.3. The first-order valence-corrected chi connectivity index (χ1v) is 6.50. The van der Waals surface area contributed by atoms with Crippen LogP contribution in [0.1, 0.15) is 18.3 Å². The first kappa shape index (κ1) is 13.1. The summed E-state index contributed by atoms with van der Waals surface area (Å²) in [4.78, 5) is 0. The molecule has 0 unspecified atom stereocenters. The molecule has 2 aromatic rings. The molecular formula is C13H14BrFN2O. The molecule has 0 spiro atoms. The Morgan fingerprint density at radius 3 is 2.89 bits per heavy atom.